The number of anilines is 1. The van der Waals surface area contributed by atoms with Gasteiger partial charge < -0.3 is 29.4 Å². The number of rotatable bonds is 18. The van der Waals surface area contributed by atoms with Gasteiger partial charge in [0.1, 0.15) is 29.4 Å². The largest absolute Gasteiger partial charge is 0.497 e. The fourth-order valence-corrected chi connectivity index (χ4v) is 10.7. The average Bonchev–Trinajstić information content (AvgIpc) is 3.78. The zero-order valence-corrected chi connectivity index (χ0v) is 34.4. The fourth-order valence-electron chi connectivity index (χ4n) is 7.79. The first-order chi connectivity index (χ1) is 27.9. The zero-order chi connectivity index (χ0) is 41.6. The standard InChI is InChI=1S/C42H50N7O8P/c1-8-54-37-36(57-58(51,24-12-23-43)49(27(2)3)28(4)5)34(56-40(37)48-26-45-35-38(48)46-41(44)47-39(35)50)25-55-42(29-13-10-9-11-14-29,30-15-19-32(52-6)20-16-30)31-17-21-33(53-7)22-18-31/h8-11,13-22,26-28,34,36-37,40,51H,1,12,24-25H2,2-7H3,(H2-,44,46,47,50)/p+1/t34-,36-,37-,40-,58?/m1/s1. The van der Waals surface area contributed by atoms with Crippen molar-refractivity contribution in [1.82, 2.24) is 24.2 Å². The summed E-state index contributed by atoms with van der Waals surface area (Å²) in [4.78, 5) is 36.8. The van der Waals surface area contributed by atoms with E-state index in [9.17, 15) is 14.9 Å². The highest BCUT2D eigenvalue weighted by atomic mass is 31.2. The number of nitrogens with zero attached hydrogens (tertiary/aromatic N) is 5. The van der Waals surface area contributed by atoms with Gasteiger partial charge in [-0.15, -0.1) is 4.67 Å². The van der Waals surface area contributed by atoms with E-state index in [2.05, 4.69) is 27.6 Å². The van der Waals surface area contributed by atoms with Crippen molar-refractivity contribution in [3.63, 3.8) is 0 Å². The highest BCUT2D eigenvalue weighted by Crippen LogP contribution is 2.64. The Morgan fingerprint density at radius 1 is 1.00 bits per heavy atom. The number of benzene rings is 3. The summed E-state index contributed by atoms with van der Waals surface area (Å²) in [6.07, 6.45) is -1.21. The van der Waals surface area contributed by atoms with Crippen LogP contribution in [0.5, 0.6) is 11.5 Å². The molecular formula is C42H51N7O8P+. The zero-order valence-electron chi connectivity index (χ0n) is 33.5. The van der Waals surface area contributed by atoms with Crippen LogP contribution in [-0.4, -0.2) is 86.5 Å². The number of nitrogen functional groups attached to an aromatic ring is 1. The number of fused-ring (bicyclic) bond motifs is 1. The quantitative estimate of drug-likeness (QED) is 0.0506. The fraction of sp³-hybridized carbons (Fsp3) is 0.381. The second-order valence-electron chi connectivity index (χ2n) is 14.4. The molecule has 0 aliphatic carbocycles. The van der Waals surface area contributed by atoms with E-state index in [1.165, 1.54) is 12.6 Å². The molecule has 0 amide bonds. The summed E-state index contributed by atoms with van der Waals surface area (Å²) in [6.45, 7) is 11.6. The first-order valence-corrected chi connectivity index (χ1v) is 20.8. The Kier molecular flexibility index (Phi) is 13.2. The molecule has 5 aromatic rings. The van der Waals surface area contributed by atoms with E-state index in [0.717, 1.165) is 16.7 Å². The predicted molar refractivity (Wildman–Crippen MR) is 221 cm³/mol. The molecule has 3 aromatic carbocycles. The molecule has 0 bridgehead atoms. The summed E-state index contributed by atoms with van der Waals surface area (Å²) in [5.41, 5.74) is 6.83. The van der Waals surface area contributed by atoms with Gasteiger partial charge >= 0.3 is 7.87 Å². The number of aromatic amines is 1. The number of nitrogens with two attached hydrogens (primary N) is 1. The summed E-state index contributed by atoms with van der Waals surface area (Å²) in [5.74, 6) is 1.22. The minimum atomic E-state index is -3.56. The number of nitrogens with one attached hydrogen (secondary N) is 1. The monoisotopic (exact) mass is 812 g/mol. The number of methoxy groups -OCH3 is 2. The van der Waals surface area contributed by atoms with Crippen molar-refractivity contribution in [3.05, 3.63) is 125 Å². The second-order valence-corrected chi connectivity index (χ2v) is 16.8. The third-order valence-corrected chi connectivity index (χ3v) is 13.2. The van der Waals surface area contributed by atoms with Gasteiger partial charge in [0.15, 0.2) is 29.6 Å². The molecule has 1 aliphatic heterocycles. The summed E-state index contributed by atoms with van der Waals surface area (Å²) in [5, 5.41) is 9.74. The van der Waals surface area contributed by atoms with Crippen molar-refractivity contribution in [3.8, 4) is 17.6 Å². The number of H-pyrrole nitrogens is 1. The van der Waals surface area contributed by atoms with Crippen molar-refractivity contribution in [2.45, 2.75) is 76.3 Å². The second kappa shape index (κ2) is 18.1. The summed E-state index contributed by atoms with van der Waals surface area (Å²) in [7, 11) is -0.342. The van der Waals surface area contributed by atoms with Crippen LogP contribution in [0.4, 0.5) is 5.95 Å². The van der Waals surface area contributed by atoms with Crippen LogP contribution >= 0.6 is 7.87 Å². The van der Waals surface area contributed by atoms with Crippen LogP contribution in [0.15, 0.2) is 103 Å². The first kappa shape index (κ1) is 42.3. The van der Waals surface area contributed by atoms with Gasteiger partial charge in [0.2, 0.25) is 5.95 Å². The van der Waals surface area contributed by atoms with Crippen LogP contribution < -0.4 is 20.8 Å². The molecule has 0 radical (unpaired) electrons. The molecule has 3 heterocycles. The molecule has 1 aliphatic rings. The molecule has 15 nitrogen and oxygen atoms in total. The number of ether oxygens (including phenoxy) is 5. The maximum atomic E-state index is 12.9. The van der Waals surface area contributed by atoms with Crippen LogP contribution in [0, 0.1) is 11.3 Å². The van der Waals surface area contributed by atoms with E-state index < -0.39 is 43.6 Å². The van der Waals surface area contributed by atoms with Gasteiger partial charge in [-0.05, 0) is 68.7 Å². The van der Waals surface area contributed by atoms with Gasteiger partial charge in [0, 0.05) is 12.1 Å². The van der Waals surface area contributed by atoms with E-state index in [-0.39, 0.29) is 48.4 Å². The van der Waals surface area contributed by atoms with Gasteiger partial charge in [-0.1, -0.05) is 61.2 Å². The lowest BCUT2D eigenvalue weighted by Gasteiger charge is -2.39. The van der Waals surface area contributed by atoms with E-state index >= 15 is 0 Å². The molecule has 1 saturated heterocycles. The van der Waals surface area contributed by atoms with Gasteiger partial charge in [-0.25, -0.2) is 9.88 Å². The molecule has 4 N–H and O–H groups in total. The Bertz CT molecular complexity index is 2190. The predicted octanol–water partition coefficient (Wildman–Crippen LogP) is 6.33. The van der Waals surface area contributed by atoms with Gasteiger partial charge in [0.05, 0.1) is 45.9 Å². The number of hydrogen-bond donors (Lipinski definition) is 3. The SMILES string of the molecule is C=CO[C@@H]1[C@H](O[P+](O)(CCC#N)N(C(C)C)C(C)C)[C@@H](COC(c2ccccc2)(c2ccc(OC)cc2)c2ccc(OC)cc2)O[C@H]1n1cnc2c(=O)[nH]c(N)nc21. The van der Waals surface area contributed by atoms with Crippen LogP contribution in [0.3, 0.4) is 0 Å². The molecule has 1 fully saturated rings. The third kappa shape index (κ3) is 8.31. The minimum Gasteiger partial charge on any atom is -0.497 e. The Labute approximate surface area is 338 Å². The number of nitriles is 1. The first-order valence-electron chi connectivity index (χ1n) is 19.0. The average molecular weight is 813 g/mol. The Morgan fingerprint density at radius 3 is 2.12 bits per heavy atom. The Hall–Kier alpha value is -5.33. The minimum absolute atomic E-state index is 0.0373. The Morgan fingerprint density at radius 2 is 1.59 bits per heavy atom. The lowest BCUT2D eigenvalue weighted by molar-refractivity contribution is -0.0933. The van der Waals surface area contributed by atoms with Gasteiger partial charge in [0.25, 0.3) is 5.56 Å². The number of imidazole rings is 1. The van der Waals surface area contributed by atoms with Crippen LogP contribution in [0.25, 0.3) is 11.2 Å². The van der Waals surface area contributed by atoms with Crippen molar-refractivity contribution in [1.29, 1.82) is 5.26 Å². The normalized spacial score (nSPS) is 19.3. The molecule has 306 valence electrons. The maximum Gasteiger partial charge on any atom is 0.347 e. The van der Waals surface area contributed by atoms with E-state index in [0.29, 0.717) is 11.5 Å². The van der Waals surface area contributed by atoms with E-state index in [1.54, 1.807) is 18.8 Å². The molecule has 6 rings (SSSR count). The van der Waals surface area contributed by atoms with E-state index in [1.807, 2.05) is 111 Å². The van der Waals surface area contributed by atoms with Gasteiger partial charge in [-0.2, -0.15) is 14.8 Å². The molecule has 0 spiro atoms. The van der Waals surface area contributed by atoms with Crippen LogP contribution in [0.1, 0.15) is 57.0 Å². The molecule has 0 saturated carbocycles. The van der Waals surface area contributed by atoms with Crippen molar-refractivity contribution in [2.75, 3.05) is 32.7 Å². The summed E-state index contributed by atoms with van der Waals surface area (Å²) < 4.78 is 41.9. The maximum absolute atomic E-state index is 12.9. The number of hydrogen-bond acceptors (Lipinski definition) is 13. The van der Waals surface area contributed by atoms with E-state index in [4.69, 9.17) is 33.9 Å². The summed E-state index contributed by atoms with van der Waals surface area (Å²) in [6, 6.07) is 27.0. The lowest BCUT2D eigenvalue weighted by Crippen LogP contribution is -2.45. The topological polar surface area (TPSA) is 192 Å². The van der Waals surface area contributed by atoms with Crippen LogP contribution in [-0.2, 0) is 24.3 Å². The Balaban J connectivity index is 1.53. The van der Waals surface area contributed by atoms with Crippen LogP contribution in [0.2, 0.25) is 0 Å². The highest BCUT2D eigenvalue weighted by Gasteiger charge is 2.59. The van der Waals surface area contributed by atoms with Gasteiger partial charge in [-0.3, -0.25) is 14.3 Å². The van der Waals surface area contributed by atoms with Crippen molar-refractivity contribution < 1.29 is 33.1 Å². The molecule has 5 atom stereocenters. The summed E-state index contributed by atoms with van der Waals surface area (Å²) >= 11 is 0. The van der Waals surface area contributed by atoms with Crippen molar-refractivity contribution >= 4 is 25.0 Å². The smallest absolute Gasteiger partial charge is 0.347 e. The molecule has 16 heteroatoms. The third-order valence-electron chi connectivity index (χ3n) is 10.1. The molecule has 2 aromatic heterocycles. The molecule has 1 unspecified atom stereocenters. The number of aromatic nitrogens is 4. The molecular weight excluding hydrogens is 761 g/mol. The molecule has 58 heavy (non-hydrogen) atoms. The van der Waals surface area contributed by atoms with Crippen molar-refractivity contribution in [2.24, 2.45) is 0 Å². The lowest BCUT2D eigenvalue weighted by atomic mass is 9.80. The highest BCUT2D eigenvalue weighted by molar-refractivity contribution is 7.63.